The zero-order valence-corrected chi connectivity index (χ0v) is 13.3. The highest BCUT2D eigenvalue weighted by Crippen LogP contribution is 2.24. The molecule has 5 heteroatoms. The van der Waals surface area contributed by atoms with E-state index >= 15 is 0 Å². The summed E-state index contributed by atoms with van der Waals surface area (Å²) in [6.45, 7) is 3.58. The van der Waals surface area contributed by atoms with Crippen molar-refractivity contribution < 1.29 is 19.1 Å². The van der Waals surface area contributed by atoms with Gasteiger partial charge < -0.3 is 14.8 Å². The number of aryl methyl sites for hydroxylation is 1. The van der Waals surface area contributed by atoms with Crippen molar-refractivity contribution in [3.63, 3.8) is 0 Å². The standard InChI is InChI=1S/C18H19NO4/c1-12-5-4-6-15(9-12)19-18(21)13(2)23-17-8-7-16(22-3)10-14(17)11-20/h4-11,13H,1-3H3,(H,19,21)/t13-/m1/s1. The Balaban J connectivity index is 2.07. The SMILES string of the molecule is COc1ccc(O[C@H](C)C(=O)Nc2cccc(C)c2)c(C=O)c1. The molecule has 2 rings (SSSR count). The molecule has 0 aliphatic rings. The van der Waals surface area contributed by atoms with Gasteiger partial charge in [0.25, 0.3) is 5.91 Å². The third-order valence-corrected chi connectivity index (χ3v) is 3.30. The van der Waals surface area contributed by atoms with Gasteiger partial charge in [-0.3, -0.25) is 9.59 Å². The largest absolute Gasteiger partial charge is 0.497 e. The molecule has 0 heterocycles. The maximum absolute atomic E-state index is 12.2. The number of amides is 1. The van der Waals surface area contributed by atoms with E-state index in [1.165, 1.54) is 7.11 Å². The Morgan fingerprint density at radius 2 is 2.00 bits per heavy atom. The van der Waals surface area contributed by atoms with Crippen LogP contribution in [-0.2, 0) is 4.79 Å². The van der Waals surface area contributed by atoms with Crippen LogP contribution in [0.5, 0.6) is 11.5 Å². The zero-order valence-electron chi connectivity index (χ0n) is 13.3. The first-order valence-electron chi connectivity index (χ1n) is 7.21. The number of carbonyl (C=O) groups is 2. The molecular weight excluding hydrogens is 294 g/mol. The molecule has 23 heavy (non-hydrogen) atoms. The van der Waals surface area contributed by atoms with Crippen LogP contribution in [0.25, 0.3) is 0 Å². The van der Waals surface area contributed by atoms with Gasteiger partial charge >= 0.3 is 0 Å². The van der Waals surface area contributed by atoms with E-state index in [0.29, 0.717) is 29.0 Å². The minimum atomic E-state index is -0.748. The smallest absolute Gasteiger partial charge is 0.265 e. The van der Waals surface area contributed by atoms with Crippen LogP contribution in [0.3, 0.4) is 0 Å². The Kier molecular flexibility index (Phi) is 5.36. The van der Waals surface area contributed by atoms with Crippen molar-refractivity contribution in [1.29, 1.82) is 0 Å². The summed E-state index contributed by atoms with van der Waals surface area (Å²) in [6, 6.07) is 12.3. The van der Waals surface area contributed by atoms with Crippen LogP contribution >= 0.6 is 0 Å². The molecule has 2 aromatic carbocycles. The van der Waals surface area contributed by atoms with E-state index in [4.69, 9.17) is 9.47 Å². The van der Waals surface area contributed by atoms with Crippen molar-refractivity contribution >= 4 is 17.9 Å². The molecule has 0 bridgehead atoms. The first-order valence-corrected chi connectivity index (χ1v) is 7.21. The van der Waals surface area contributed by atoms with E-state index < -0.39 is 6.10 Å². The van der Waals surface area contributed by atoms with Crippen molar-refractivity contribution in [2.24, 2.45) is 0 Å². The van der Waals surface area contributed by atoms with Crippen LogP contribution in [-0.4, -0.2) is 25.4 Å². The van der Waals surface area contributed by atoms with Crippen molar-refractivity contribution in [2.75, 3.05) is 12.4 Å². The van der Waals surface area contributed by atoms with E-state index in [0.717, 1.165) is 5.56 Å². The second kappa shape index (κ2) is 7.45. The minimum Gasteiger partial charge on any atom is -0.497 e. The minimum absolute atomic E-state index is 0.289. The fraction of sp³-hybridized carbons (Fsp3) is 0.222. The molecule has 0 aliphatic carbocycles. The monoisotopic (exact) mass is 313 g/mol. The van der Waals surface area contributed by atoms with Gasteiger partial charge in [0.05, 0.1) is 12.7 Å². The summed E-state index contributed by atoms with van der Waals surface area (Å²) in [5, 5.41) is 2.79. The molecule has 5 nitrogen and oxygen atoms in total. The number of carbonyl (C=O) groups excluding carboxylic acids is 2. The first-order chi connectivity index (χ1) is 11.0. The quantitative estimate of drug-likeness (QED) is 0.832. The molecule has 1 amide bonds. The zero-order chi connectivity index (χ0) is 16.8. The van der Waals surface area contributed by atoms with Gasteiger partial charge in [0.2, 0.25) is 0 Å². The van der Waals surface area contributed by atoms with Crippen LogP contribution in [0.15, 0.2) is 42.5 Å². The Hall–Kier alpha value is -2.82. The van der Waals surface area contributed by atoms with Gasteiger partial charge in [-0.25, -0.2) is 0 Å². The topological polar surface area (TPSA) is 64.6 Å². The number of nitrogens with one attached hydrogen (secondary N) is 1. The number of ether oxygens (including phenoxy) is 2. The highest BCUT2D eigenvalue weighted by Gasteiger charge is 2.17. The molecule has 120 valence electrons. The van der Waals surface area contributed by atoms with Crippen LogP contribution in [0.2, 0.25) is 0 Å². The second-order valence-electron chi connectivity index (χ2n) is 5.14. The van der Waals surface area contributed by atoms with Gasteiger partial charge in [-0.1, -0.05) is 12.1 Å². The summed E-state index contributed by atoms with van der Waals surface area (Å²) in [5.41, 5.74) is 2.09. The Bertz CT molecular complexity index is 712. The molecular formula is C18H19NO4. The fourth-order valence-electron chi connectivity index (χ4n) is 2.06. The summed E-state index contributed by atoms with van der Waals surface area (Å²) in [7, 11) is 1.52. The average molecular weight is 313 g/mol. The van der Waals surface area contributed by atoms with Crippen LogP contribution in [0, 0.1) is 6.92 Å². The lowest BCUT2D eigenvalue weighted by molar-refractivity contribution is -0.122. The number of benzene rings is 2. The van der Waals surface area contributed by atoms with Gasteiger partial charge in [0, 0.05) is 5.69 Å². The molecule has 0 unspecified atom stereocenters. The van der Waals surface area contributed by atoms with E-state index in [1.807, 2.05) is 31.2 Å². The molecule has 0 aliphatic heterocycles. The van der Waals surface area contributed by atoms with Gasteiger partial charge in [-0.2, -0.15) is 0 Å². The highest BCUT2D eigenvalue weighted by molar-refractivity contribution is 5.94. The van der Waals surface area contributed by atoms with Crippen LogP contribution in [0.4, 0.5) is 5.69 Å². The van der Waals surface area contributed by atoms with Gasteiger partial charge in [-0.15, -0.1) is 0 Å². The third kappa shape index (κ3) is 4.32. The maximum atomic E-state index is 12.2. The predicted molar refractivity (Wildman–Crippen MR) is 88.3 cm³/mol. The van der Waals surface area contributed by atoms with Crippen molar-refractivity contribution in [3.8, 4) is 11.5 Å². The van der Waals surface area contributed by atoms with Gasteiger partial charge in [0.15, 0.2) is 12.4 Å². The average Bonchev–Trinajstić information content (AvgIpc) is 2.55. The number of anilines is 1. The maximum Gasteiger partial charge on any atom is 0.265 e. The number of hydrogen-bond donors (Lipinski definition) is 1. The molecule has 0 spiro atoms. The summed E-state index contributed by atoms with van der Waals surface area (Å²) < 4.78 is 10.7. The van der Waals surface area contributed by atoms with Crippen LogP contribution < -0.4 is 14.8 Å². The summed E-state index contributed by atoms with van der Waals surface area (Å²) in [5.74, 6) is 0.604. The molecule has 1 atom stereocenters. The summed E-state index contributed by atoms with van der Waals surface area (Å²) in [4.78, 5) is 23.3. The molecule has 0 aromatic heterocycles. The third-order valence-electron chi connectivity index (χ3n) is 3.30. The predicted octanol–water partition coefficient (Wildman–Crippen LogP) is 3.22. The lowest BCUT2D eigenvalue weighted by atomic mass is 10.2. The van der Waals surface area contributed by atoms with Gasteiger partial charge in [-0.05, 0) is 49.7 Å². The molecule has 2 aromatic rings. The Morgan fingerprint density at radius 3 is 2.65 bits per heavy atom. The molecule has 0 saturated carbocycles. The second-order valence-corrected chi connectivity index (χ2v) is 5.14. The van der Waals surface area contributed by atoms with Crippen molar-refractivity contribution in [2.45, 2.75) is 20.0 Å². The highest BCUT2D eigenvalue weighted by atomic mass is 16.5. The van der Waals surface area contributed by atoms with Crippen molar-refractivity contribution in [3.05, 3.63) is 53.6 Å². The van der Waals surface area contributed by atoms with E-state index in [1.54, 1.807) is 25.1 Å². The van der Waals surface area contributed by atoms with Gasteiger partial charge in [0.1, 0.15) is 11.5 Å². The molecule has 0 saturated heterocycles. The Morgan fingerprint density at radius 1 is 1.22 bits per heavy atom. The van der Waals surface area contributed by atoms with Crippen LogP contribution in [0.1, 0.15) is 22.8 Å². The lowest BCUT2D eigenvalue weighted by Crippen LogP contribution is -2.30. The molecule has 1 N–H and O–H groups in total. The number of rotatable bonds is 6. The fourth-order valence-corrected chi connectivity index (χ4v) is 2.06. The van der Waals surface area contributed by atoms with E-state index in [-0.39, 0.29) is 5.91 Å². The first kappa shape index (κ1) is 16.5. The number of hydrogen-bond acceptors (Lipinski definition) is 4. The molecule has 0 radical (unpaired) electrons. The number of aldehydes is 1. The molecule has 0 fully saturated rings. The van der Waals surface area contributed by atoms with E-state index in [9.17, 15) is 9.59 Å². The van der Waals surface area contributed by atoms with Crippen molar-refractivity contribution in [1.82, 2.24) is 0 Å². The summed E-state index contributed by atoms with van der Waals surface area (Å²) in [6.07, 6.45) is -0.0779. The number of methoxy groups -OCH3 is 1. The normalized spacial score (nSPS) is 11.4. The Labute approximate surface area is 135 Å². The summed E-state index contributed by atoms with van der Waals surface area (Å²) >= 11 is 0. The lowest BCUT2D eigenvalue weighted by Gasteiger charge is -2.16. The van der Waals surface area contributed by atoms with E-state index in [2.05, 4.69) is 5.32 Å².